The van der Waals surface area contributed by atoms with Crippen molar-refractivity contribution in [3.63, 3.8) is 0 Å². The Hall–Kier alpha value is -4.84. The first-order valence-electron chi connectivity index (χ1n) is 13.0. The molecule has 204 valence electrons. The Morgan fingerprint density at radius 1 is 1.07 bits per heavy atom. The molecular weight excluding hydrogens is 510 g/mol. The van der Waals surface area contributed by atoms with Crippen LogP contribution in [0.3, 0.4) is 0 Å². The van der Waals surface area contributed by atoms with Gasteiger partial charge >= 0.3 is 6.01 Å². The smallest absolute Gasteiger partial charge is 0.316 e. The van der Waals surface area contributed by atoms with E-state index in [1.165, 1.54) is 13.3 Å². The number of nitrogens with zero attached hydrogens (tertiary/aromatic N) is 7. The fourth-order valence-corrected chi connectivity index (χ4v) is 5.21. The predicted octanol–water partition coefficient (Wildman–Crippen LogP) is 3.55. The van der Waals surface area contributed by atoms with Crippen LogP contribution >= 0.6 is 0 Å². The summed E-state index contributed by atoms with van der Waals surface area (Å²) in [4.78, 5) is 25.0. The van der Waals surface area contributed by atoms with E-state index in [4.69, 9.17) is 9.47 Å². The van der Waals surface area contributed by atoms with E-state index in [-0.39, 0.29) is 11.9 Å². The Kier molecular flexibility index (Phi) is 6.60. The van der Waals surface area contributed by atoms with Crippen molar-refractivity contribution < 1.29 is 14.3 Å². The second-order valence-electron chi connectivity index (χ2n) is 9.97. The molecule has 4 heterocycles. The number of aromatic nitrogens is 6. The van der Waals surface area contributed by atoms with Crippen LogP contribution in [0.1, 0.15) is 24.2 Å². The van der Waals surface area contributed by atoms with E-state index in [0.29, 0.717) is 45.9 Å². The van der Waals surface area contributed by atoms with Gasteiger partial charge in [0, 0.05) is 78.9 Å². The van der Waals surface area contributed by atoms with Crippen molar-refractivity contribution in [2.75, 3.05) is 30.4 Å². The highest BCUT2D eigenvalue weighted by atomic mass is 16.5. The van der Waals surface area contributed by atoms with E-state index in [1.807, 2.05) is 25.4 Å². The SMILES string of the molecule is COc1ncc2c(N3C[C@@H](C)N[C@H](C)C3)ccc(C(=O)Nc3cc(Oc4ccnnc4)c4nn(C)cc4c3)c2n1. The first kappa shape index (κ1) is 25.4. The van der Waals surface area contributed by atoms with Crippen LogP contribution in [0, 0.1) is 0 Å². The maximum atomic E-state index is 13.7. The number of hydrogen-bond donors (Lipinski definition) is 2. The molecule has 12 nitrogen and oxygen atoms in total. The van der Waals surface area contributed by atoms with E-state index in [9.17, 15) is 4.79 Å². The summed E-state index contributed by atoms with van der Waals surface area (Å²) >= 11 is 0. The van der Waals surface area contributed by atoms with Gasteiger partial charge in [-0.3, -0.25) is 9.48 Å². The van der Waals surface area contributed by atoms with Crippen molar-refractivity contribution in [1.82, 2.24) is 35.3 Å². The second kappa shape index (κ2) is 10.4. The van der Waals surface area contributed by atoms with Crippen molar-refractivity contribution in [1.29, 1.82) is 0 Å². The van der Waals surface area contributed by atoms with Gasteiger partial charge in [-0.25, -0.2) is 4.98 Å². The molecular formula is C28H29N9O3. The summed E-state index contributed by atoms with van der Waals surface area (Å²) in [7, 11) is 3.34. The Labute approximate surface area is 230 Å². The molecule has 0 bridgehead atoms. The summed E-state index contributed by atoms with van der Waals surface area (Å²) < 4.78 is 13.1. The number of fused-ring (bicyclic) bond motifs is 2. The number of nitrogens with one attached hydrogen (secondary N) is 2. The summed E-state index contributed by atoms with van der Waals surface area (Å²) in [5, 5.41) is 20.3. The third-order valence-electron chi connectivity index (χ3n) is 6.76. The molecule has 5 aromatic rings. The molecule has 1 amide bonds. The molecule has 2 N–H and O–H groups in total. The van der Waals surface area contributed by atoms with Crippen molar-refractivity contribution >= 4 is 39.1 Å². The van der Waals surface area contributed by atoms with Gasteiger partial charge in [0.05, 0.1) is 30.6 Å². The number of aryl methyl sites for hydroxylation is 1. The van der Waals surface area contributed by atoms with Gasteiger partial charge in [-0.1, -0.05) is 0 Å². The Morgan fingerprint density at radius 3 is 2.65 bits per heavy atom. The average molecular weight is 540 g/mol. The highest BCUT2D eigenvalue weighted by Crippen LogP contribution is 2.34. The maximum Gasteiger partial charge on any atom is 0.316 e. The van der Waals surface area contributed by atoms with E-state index >= 15 is 0 Å². The number of rotatable bonds is 6. The molecule has 0 saturated carbocycles. The van der Waals surface area contributed by atoms with Crippen LogP contribution in [0.25, 0.3) is 21.8 Å². The molecule has 6 rings (SSSR count). The van der Waals surface area contributed by atoms with Crippen molar-refractivity contribution in [3.05, 3.63) is 60.7 Å². The Bertz CT molecular complexity index is 1700. The normalized spacial score (nSPS) is 17.2. The van der Waals surface area contributed by atoms with Gasteiger partial charge in [-0.2, -0.15) is 20.3 Å². The molecule has 12 heteroatoms. The number of carbonyl (C=O) groups excluding carboxylic acids is 1. The van der Waals surface area contributed by atoms with Crippen LogP contribution in [0.5, 0.6) is 17.5 Å². The van der Waals surface area contributed by atoms with Crippen LogP contribution in [-0.4, -0.2) is 68.1 Å². The van der Waals surface area contributed by atoms with Gasteiger partial charge in [0.1, 0.15) is 11.3 Å². The van der Waals surface area contributed by atoms with Gasteiger partial charge in [-0.15, -0.1) is 0 Å². The summed E-state index contributed by atoms with van der Waals surface area (Å²) in [6, 6.07) is 9.90. The molecule has 0 spiro atoms. The largest absolute Gasteiger partial charge is 0.467 e. The maximum absolute atomic E-state index is 13.7. The lowest BCUT2D eigenvalue weighted by molar-refractivity contribution is 0.102. The molecule has 40 heavy (non-hydrogen) atoms. The summed E-state index contributed by atoms with van der Waals surface area (Å²) in [6.45, 7) is 5.98. The van der Waals surface area contributed by atoms with Gasteiger partial charge in [0.2, 0.25) is 0 Å². The minimum atomic E-state index is -0.320. The lowest BCUT2D eigenvalue weighted by Gasteiger charge is -2.38. The van der Waals surface area contributed by atoms with E-state index in [1.54, 1.807) is 35.3 Å². The van der Waals surface area contributed by atoms with Crippen LogP contribution in [0.15, 0.2) is 55.1 Å². The molecule has 1 saturated heterocycles. The van der Waals surface area contributed by atoms with E-state index < -0.39 is 0 Å². The second-order valence-corrected chi connectivity index (χ2v) is 9.97. The number of methoxy groups -OCH3 is 1. The summed E-state index contributed by atoms with van der Waals surface area (Å²) in [5.41, 5.74) is 3.10. The number of hydrogen-bond acceptors (Lipinski definition) is 10. The van der Waals surface area contributed by atoms with Crippen molar-refractivity contribution in [2.45, 2.75) is 25.9 Å². The number of anilines is 2. The van der Waals surface area contributed by atoms with Crippen LogP contribution in [0.2, 0.25) is 0 Å². The van der Waals surface area contributed by atoms with Gasteiger partial charge < -0.3 is 25.0 Å². The number of amides is 1. The van der Waals surface area contributed by atoms with Crippen molar-refractivity contribution in [2.24, 2.45) is 7.05 Å². The highest BCUT2D eigenvalue weighted by molar-refractivity contribution is 6.14. The monoisotopic (exact) mass is 539 g/mol. The lowest BCUT2D eigenvalue weighted by Crippen LogP contribution is -2.54. The molecule has 0 radical (unpaired) electrons. The number of piperazine rings is 1. The standard InChI is InChI=1S/C28H29N9O3/c1-16-13-37(14-17(2)32-16)23-6-5-21(26-22(23)12-29-28(34-26)39-4)27(38)33-19-9-18-15-36(3)35-25(18)24(10-19)40-20-7-8-30-31-11-20/h5-12,15-17,32H,13-14H2,1-4H3,(H,33,38)/t16-,17-/m1/s1. The number of carbonyl (C=O) groups is 1. The third-order valence-corrected chi connectivity index (χ3v) is 6.76. The summed E-state index contributed by atoms with van der Waals surface area (Å²) in [5.74, 6) is 0.666. The molecule has 1 fully saturated rings. The van der Waals surface area contributed by atoms with E-state index in [0.717, 1.165) is 29.5 Å². The minimum Gasteiger partial charge on any atom is -0.467 e. The first-order chi connectivity index (χ1) is 19.4. The van der Waals surface area contributed by atoms with Crippen LogP contribution < -0.4 is 25.0 Å². The molecule has 2 atom stereocenters. The van der Waals surface area contributed by atoms with Crippen molar-refractivity contribution in [3.8, 4) is 17.5 Å². The molecule has 0 unspecified atom stereocenters. The molecule has 2 aromatic carbocycles. The summed E-state index contributed by atoms with van der Waals surface area (Å²) in [6.07, 6.45) is 6.64. The van der Waals surface area contributed by atoms with Crippen LogP contribution in [0.4, 0.5) is 11.4 Å². The zero-order valence-corrected chi connectivity index (χ0v) is 22.6. The molecule has 0 aliphatic carbocycles. The predicted molar refractivity (Wildman–Crippen MR) is 151 cm³/mol. The van der Waals surface area contributed by atoms with Gasteiger partial charge in [0.15, 0.2) is 5.75 Å². The zero-order valence-electron chi connectivity index (χ0n) is 22.6. The Morgan fingerprint density at radius 2 is 1.90 bits per heavy atom. The highest BCUT2D eigenvalue weighted by Gasteiger charge is 2.25. The zero-order chi connectivity index (χ0) is 27.8. The van der Waals surface area contributed by atoms with Gasteiger partial charge in [-0.05, 0) is 32.0 Å². The number of ether oxygens (including phenoxy) is 2. The lowest BCUT2D eigenvalue weighted by atomic mass is 10.0. The molecule has 3 aromatic heterocycles. The van der Waals surface area contributed by atoms with Gasteiger partial charge in [0.25, 0.3) is 5.91 Å². The van der Waals surface area contributed by atoms with E-state index in [2.05, 4.69) is 54.6 Å². The Balaban J connectivity index is 1.37. The van der Waals surface area contributed by atoms with Crippen LogP contribution in [-0.2, 0) is 7.05 Å². The molecule has 1 aliphatic heterocycles. The fourth-order valence-electron chi connectivity index (χ4n) is 5.21. The minimum absolute atomic E-state index is 0.194. The molecule has 1 aliphatic rings. The number of benzene rings is 2. The topological polar surface area (TPSA) is 132 Å². The average Bonchev–Trinajstić information content (AvgIpc) is 3.32. The fraction of sp³-hybridized carbons (Fsp3) is 0.286. The third kappa shape index (κ3) is 4.96. The first-order valence-corrected chi connectivity index (χ1v) is 13.0. The quantitative estimate of drug-likeness (QED) is 0.330.